The summed E-state index contributed by atoms with van der Waals surface area (Å²) in [5.41, 5.74) is 1.32. The van der Waals surface area contributed by atoms with Crippen LogP contribution in [0.5, 0.6) is 0 Å². The lowest BCUT2D eigenvalue weighted by atomic mass is 10.0. The Labute approximate surface area is 91.1 Å². The highest BCUT2D eigenvalue weighted by Gasteiger charge is 1.98. The lowest BCUT2D eigenvalue weighted by molar-refractivity contribution is 0.865. The van der Waals surface area contributed by atoms with E-state index in [1.54, 1.807) is 0 Å². The average molecular weight is 207 g/mol. The molecular formula is C12H17NS. The van der Waals surface area contributed by atoms with Crippen LogP contribution in [-0.2, 0) is 0 Å². The van der Waals surface area contributed by atoms with Crippen molar-refractivity contribution in [2.75, 3.05) is 0 Å². The molecule has 0 saturated heterocycles. The quantitative estimate of drug-likeness (QED) is 0.530. The summed E-state index contributed by atoms with van der Waals surface area (Å²) in [4.78, 5) is 1.02. The van der Waals surface area contributed by atoms with Gasteiger partial charge in [0.25, 0.3) is 0 Å². The van der Waals surface area contributed by atoms with E-state index in [1.165, 1.54) is 17.3 Å². The largest absolute Gasteiger partial charge is 0.185 e. The molecule has 0 bridgehead atoms. The number of nitrogens with zero attached hydrogens (tertiary/aromatic N) is 1. The highest BCUT2D eigenvalue weighted by molar-refractivity contribution is 8.03. The summed E-state index contributed by atoms with van der Waals surface area (Å²) in [6.45, 7) is 8.32. The lowest BCUT2D eigenvalue weighted by Gasteiger charge is -2.04. The van der Waals surface area contributed by atoms with E-state index in [-0.39, 0.29) is 0 Å². The standard InChI is InChI=1S/C10H11NS.C2H6/c1-8(2)9-3-5-10(6-4-9)12-7-11;1-2/h3-6,8H,1-2H3;1-2H3. The summed E-state index contributed by atoms with van der Waals surface area (Å²) in [7, 11) is 0. The number of nitriles is 1. The molecule has 14 heavy (non-hydrogen) atoms. The molecule has 0 atom stereocenters. The van der Waals surface area contributed by atoms with Crippen LogP contribution < -0.4 is 0 Å². The van der Waals surface area contributed by atoms with Crippen molar-refractivity contribution in [1.29, 1.82) is 5.26 Å². The normalized spacial score (nSPS) is 8.86. The third-order valence-corrected chi connectivity index (χ3v) is 2.31. The molecule has 0 aromatic heterocycles. The minimum absolute atomic E-state index is 0.561. The zero-order valence-electron chi connectivity index (χ0n) is 9.24. The molecule has 0 spiro atoms. The Morgan fingerprint density at radius 2 is 1.64 bits per heavy atom. The summed E-state index contributed by atoms with van der Waals surface area (Å²) in [6, 6.07) is 8.13. The topological polar surface area (TPSA) is 23.8 Å². The van der Waals surface area contributed by atoms with Crippen molar-refractivity contribution in [2.45, 2.75) is 38.5 Å². The molecule has 0 unspecified atom stereocenters. The number of thiocyanates is 1. The van der Waals surface area contributed by atoms with Gasteiger partial charge in [0.05, 0.1) is 0 Å². The van der Waals surface area contributed by atoms with E-state index in [1.807, 2.05) is 31.4 Å². The van der Waals surface area contributed by atoms with Crippen molar-refractivity contribution in [2.24, 2.45) is 0 Å². The van der Waals surface area contributed by atoms with Crippen LogP contribution in [0.3, 0.4) is 0 Å². The predicted octanol–water partition coefficient (Wildman–Crippen LogP) is 4.41. The van der Waals surface area contributed by atoms with Gasteiger partial charge in [-0.05, 0) is 35.4 Å². The molecule has 0 amide bonds. The molecule has 0 aliphatic rings. The molecule has 0 fully saturated rings. The number of benzene rings is 1. The molecule has 0 N–H and O–H groups in total. The summed E-state index contributed by atoms with van der Waals surface area (Å²) in [5.74, 6) is 0.561. The number of rotatable bonds is 2. The van der Waals surface area contributed by atoms with E-state index in [0.29, 0.717) is 5.92 Å². The Morgan fingerprint density at radius 3 is 2.00 bits per heavy atom. The van der Waals surface area contributed by atoms with Crippen LogP contribution in [0.1, 0.15) is 39.2 Å². The van der Waals surface area contributed by atoms with E-state index in [9.17, 15) is 0 Å². The molecule has 76 valence electrons. The summed E-state index contributed by atoms with van der Waals surface area (Å²) >= 11 is 1.20. The van der Waals surface area contributed by atoms with Gasteiger partial charge in [-0.25, -0.2) is 0 Å². The fourth-order valence-corrected chi connectivity index (χ4v) is 1.35. The lowest BCUT2D eigenvalue weighted by Crippen LogP contribution is -1.85. The highest BCUT2D eigenvalue weighted by atomic mass is 32.2. The summed E-state index contributed by atoms with van der Waals surface area (Å²) < 4.78 is 0. The molecule has 0 heterocycles. The Morgan fingerprint density at radius 1 is 1.14 bits per heavy atom. The van der Waals surface area contributed by atoms with Gasteiger partial charge in [-0.1, -0.05) is 39.8 Å². The van der Waals surface area contributed by atoms with Crippen LogP contribution >= 0.6 is 11.8 Å². The molecule has 0 aliphatic carbocycles. The first kappa shape index (κ1) is 13.1. The van der Waals surface area contributed by atoms with Crippen molar-refractivity contribution >= 4 is 11.8 Å². The fraction of sp³-hybridized carbons (Fsp3) is 0.417. The van der Waals surface area contributed by atoms with Crippen LogP contribution in [0.15, 0.2) is 29.2 Å². The van der Waals surface area contributed by atoms with Gasteiger partial charge in [0.15, 0.2) is 0 Å². The molecular weight excluding hydrogens is 190 g/mol. The van der Waals surface area contributed by atoms with Gasteiger partial charge >= 0.3 is 0 Å². The highest BCUT2D eigenvalue weighted by Crippen LogP contribution is 2.20. The van der Waals surface area contributed by atoms with Gasteiger partial charge in [-0.2, -0.15) is 5.26 Å². The average Bonchev–Trinajstić information content (AvgIpc) is 2.22. The number of thioether (sulfide) groups is 1. The van der Waals surface area contributed by atoms with Crippen molar-refractivity contribution < 1.29 is 0 Å². The van der Waals surface area contributed by atoms with Gasteiger partial charge in [-0.3, -0.25) is 0 Å². The summed E-state index contributed by atoms with van der Waals surface area (Å²) in [6.07, 6.45) is 0. The van der Waals surface area contributed by atoms with Crippen LogP contribution in [0.25, 0.3) is 0 Å². The first-order chi connectivity index (χ1) is 6.74. The Bertz CT molecular complexity index is 282. The molecule has 1 nitrogen and oxygen atoms in total. The Hall–Kier alpha value is -0.940. The van der Waals surface area contributed by atoms with Crippen molar-refractivity contribution in [1.82, 2.24) is 0 Å². The van der Waals surface area contributed by atoms with E-state index < -0.39 is 0 Å². The Balaban J connectivity index is 0.000000791. The first-order valence-corrected chi connectivity index (χ1v) is 5.71. The van der Waals surface area contributed by atoms with Crippen LogP contribution in [0, 0.1) is 10.7 Å². The van der Waals surface area contributed by atoms with E-state index in [2.05, 4.69) is 26.0 Å². The maximum absolute atomic E-state index is 8.41. The van der Waals surface area contributed by atoms with Crippen LogP contribution in [0.4, 0.5) is 0 Å². The first-order valence-electron chi connectivity index (χ1n) is 4.90. The summed E-state index contributed by atoms with van der Waals surface area (Å²) in [5, 5.41) is 10.5. The minimum Gasteiger partial charge on any atom is -0.185 e. The van der Waals surface area contributed by atoms with E-state index in [4.69, 9.17) is 5.26 Å². The van der Waals surface area contributed by atoms with Crippen molar-refractivity contribution in [3.63, 3.8) is 0 Å². The van der Waals surface area contributed by atoms with E-state index >= 15 is 0 Å². The number of hydrogen-bond acceptors (Lipinski definition) is 2. The maximum Gasteiger partial charge on any atom is 0.138 e. The number of hydrogen-bond donors (Lipinski definition) is 0. The molecule has 0 aliphatic heterocycles. The van der Waals surface area contributed by atoms with Gasteiger partial charge in [0.2, 0.25) is 0 Å². The van der Waals surface area contributed by atoms with E-state index in [0.717, 1.165) is 4.90 Å². The second-order valence-electron chi connectivity index (χ2n) is 2.92. The smallest absolute Gasteiger partial charge is 0.138 e. The second kappa shape index (κ2) is 7.46. The van der Waals surface area contributed by atoms with Crippen LogP contribution in [-0.4, -0.2) is 0 Å². The monoisotopic (exact) mass is 207 g/mol. The zero-order chi connectivity index (χ0) is 11.0. The zero-order valence-corrected chi connectivity index (χ0v) is 10.1. The SMILES string of the molecule is CC.CC(C)c1ccc(SC#N)cc1. The minimum atomic E-state index is 0.561. The maximum atomic E-state index is 8.41. The molecule has 2 heteroatoms. The second-order valence-corrected chi connectivity index (χ2v) is 3.78. The molecule has 0 saturated carbocycles. The van der Waals surface area contributed by atoms with Crippen LogP contribution in [0.2, 0.25) is 0 Å². The fourth-order valence-electron chi connectivity index (χ4n) is 0.973. The van der Waals surface area contributed by atoms with Gasteiger partial charge < -0.3 is 0 Å². The predicted molar refractivity (Wildman–Crippen MR) is 63.3 cm³/mol. The van der Waals surface area contributed by atoms with Gasteiger partial charge in [0.1, 0.15) is 5.40 Å². The third-order valence-electron chi connectivity index (χ3n) is 1.71. The van der Waals surface area contributed by atoms with Gasteiger partial charge in [-0.15, -0.1) is 0 Å². The molecule has 1 rings (SSSR count). The van der Waals surface area contributed by atoms with Crippen molar-refractivity contribution in [3.8, 4) is 5.40 Å². The molecule has 0 radical (unpaired) electrons. The van der Waals surface area contributed by atoms with Gasteiger partial charge in [0, 0.05) is 4.90 Å². The molecule has 1 aromatic carbocycles. The Kier molecular flexibility index (Phi) is 6.96. The third kappa shape index (κ3) is 4.34. The molecule has 1 aromatic rings. The van der Waals surface area contributed by atoms with Crippen molar-refractivity contribution in [3.05, 3.63) is 29.8 Å².